The van der Waals surface area contributed by atoms with Crippen LogP contribution in [0.3, 0.4) is 0 Å². The van der Waals surface area contributed by atoms with Crippen LogP contribution in [0.25, 0.3) is 6.08 Å². The van der Waals surface area contributed by atoms with E-state index >= 15 is 0 Å². The van der Waals surface area contributed by atoms with Crippen molar-refractivity contribution in [3.8, 4) is 23.0 Å². The number of nitrogens with zero attached hydrogens (tertiary/aromatic N) is 1. The lowest BCUT2D eigenvalue weighted by molar-refractivity contribution is 0.104. The normalized spacial score (nSPS) is 12.3. The lowest BCUT2D eigenvalue weighted by Gasteiger charge is -2.08. The Hall–Kier alpha value is -3.60. The predicted octanol–water partition coefficient (Wildman–Crippen LogP) is 4.81. The summed E-state index contributed by atoms with van der Waals surface area (Å²) < 4.78 is 16.4. The molecule has 1 aromatic heterocycles. The largest absolute Gasteiger partial charge is 0.455 e. The number of hydrogen-bond acceptors (Lipinski definition) is 5. The maximum Gasteiger partial charge on any atom is 0.231 e. The Labute approximate surface area is 156 Å². The number of pyridine rings is 1. The predicted molar refractivity (Wildman–Crippen MR) is 101 cm³/mol. The molecule has 0 spiro atoms. The van der Waals surface area contributed by atoms with Gasteiger partial charge >= 0.3 is 0 Å². The molecule has 0 aliphatic carbocycles. The Morgan fingerprint density at radius 2 is 2.00 bits per heavy atom. The smallest absolute Gasteiger partial charge is 0.231 e. The molecular weight excluding hydrogens is 342 g/mol. The first-order valence-corrected chi connectivity index (χ1v) is 8.50. The minimum absolute atomic E-state index is 0.0957. The lowest BCUT2D eigenvalue weighted by atomic mass is 10.1. The Morgan fingerprint density at radius 1 is 1.11 bits per heavy atom. The third kappa shape index (κ3) is 3.82. The summed E-state index contributed by atoms with van der Waals surface area (Å²) in [6, 6.07) is 14.6. The second kappa shape index (κ2) is 7.33. The molecule has 2 aromatic carbocycles. The molecule has 4 rings (SSSR count). The molecular formula is C22H17NO4. The van der Waals surface area contributed by atoms with Crippen molar-refractivity contribution in [3.63, 3.8) is 0 Å². The minimum atomic E-state index is -0.0957. The zero-order valence-electron chi connectivity index (χ0n) is 14.7. The summed E-state index contributed by atoms with van der Waals surface area (Å²) in [5.41, 5.74) is 2.44. The molecule has 0 saturated carbocycles. The van der Waals surface area contributed by atoms with Crippen molar-refractivity contribution in [3.05, 3.63) is 83.7 Å². The van der Waals surface area contributed by atoms with Gasteiger partial charge in [-0.1, -0.05) is 12.1 Å². The fraction of sp³-hybridized carbons (Fsp3) is 0.0909. The maximum absolute atomic E-state index is 12.4. The van der Waals surface area contributed by atoms with Gasteiger partial charge < -0.3 is 14.2 Å². The van der Waals surface area contributed by atoms with Crippen LogP contribution in [-0.2, 0) is 0 Å². The van der Waals surface area contributed by atoms with Crippen LogP contribution in [-0.4, -0.2) is 17.6 Å². The van der Waals surface area contributed by atoms with Gasteiger partial charge in [-0.25, -0.2) is 0 Å². The second-order valence-corrected chi connectivity index (χ2v) is 6.08. The highest BCUT2D eigenvalue weighted by molar-refractivity contribution is 6.07. The van der Waals surface area contributed by atoms with Gasteiger partial charge in [0, 0.05) is 11.8 Å². The molecule has 2 heterocycles. The van der Waals surface area contributed by atoms with E-state index in [1.807, 2.05) is 37.3 Å². The summed E-state index contributed by atoms with van der Waals surface area (Å²) >= 11 is 0. The average Bonchev–Trinajstić information content (AvgIpc) is 3.16. The molecule has 0 N–H and O–H groups in total. The van der Waals surface area contributed by atoms with E-state index in [-0.39, 0.29) is 12.6 Å². The van der Waals surface area contributed by atoms with Gasteiger partial charge in [0.1, 0.15) is 11.5 Å². The van der Waals surface area contributed by atoms with Gasteiger partial charge in [0.25, 0.3) is 0 Å². The fourth-order valence-electron chi connectivity index (χ4n) is 2.74. The maximum atomic E-state index is 12.4. The number of aromatic nitrogens is 1. The number of aryl methyl sites for hydroxylation is 1. The number of hydrogen-bond donors (Lipinski definition) is 0. The van der Waals surface area contributed by atoms with E-state index in [2.05, 4.69) is 4.98 Å². The molecule has 27 heavy (non-hydrogen) atoms. The van der Waals surface area contributed by atoms with E-state index in [0.29, 0.717) is 22.8 Å². The molecule has 1 aliphatic rings. The van der Waals surface area contributed by atoms with Gasteiger partial charge in [-0.05, 0) is 66.6 Å². The highest BCUT2D eigenvalue weighted by Gasteiger charge is 2.15. The first-order valence-electron chi connectivity index (χ1n) is 8.50. The number of ketones is 1. The number of rotatable bonds is 5. The summed E-state index contributed by atoms with van der Waals surface area (Å²) in [6.45, 7) is 2.15. The van der Waals surface area contributed by atoms with Gasteiger partial charge in [-0.15, -0.1) is 0 Å². The van der Waals surface area contributed by atoms with E-state index in [4.69, 9.17) is 14.2 Å². The Bertz CT molecular complexity index is 1010. The van der Waals surface area contributed by atoms with Crippen molar-refractivity contribution in [2.75, 3.05) is 6.79 Å². The Morgan fingerprint density at radius 3 is 2.81 bits per heavy atom. The van der Waals surface area contributed by atoms with Crippen molar-refractivity contribution in [1.82, 2.24) is 4.98 Å². The van der Waals surface area contributed by atoms with Gasteiger partial charge in [0.15, 0.2) is 17.3 Å². The summed E-state index contributed by atoms with van der Waals surface area (Å²) in [5, 5.41) is 0. The van der Waals surface area contributed by atoms with Crippen LogP contribution in [0.5, 0.6) is 23.0 Å². The van der Waals surface area contributed by atoms with Gasteiger partial charge in [-0.2, -0.15) is 0 Å². The molecule has 134 valence electrons. The van der Waals surface area contributed by atoms with Crippen LogP contribution in [0.4, 0.5) is 0 Å². The zero-order valence-corrected chi connectivity index (χ0v) is 14.7. The van der Waals surface area contributed by atoms with Crippen LogP contribution >= 0.6 is 0 Å². The number of carbonyl (C=O) groups excluding carboxylic acids is 1. The highest BCUT2D eigenvalue weighted by Crippen LogP contribution is 2.32. The first-order chi connectivity index (χ1) is 13.2. The standard InChI is InChI=1S/C22H17NO4/c1-15-11-16(5-8-20(15)27-18-3-2-10-23-13-18)4-7-19(24)17-6-9-21-22(12-17)26-14-25-21/h2-13H,14H2,1H3/b7-4+. The molecule has 0 unspecified atom stereocenters. The Kier molecular flexibility index (Phi) is 4.58. The summed E-state index contributed by atoms with van der Waals surface area (Å²) in [5.74, 6) is 2.60. The van der Waals surface area contributed by atoms with Gasteiger partial charge in [-0.3, -0.25) is 9.78 Å². The molecule has 3 aromatic rings. The van der Waals surface area contributed by atoms with Crippen molar-refractivity contribution >= 4 is 11.9 Å². The van der Waals surface area contributed by atoms with E-state index in [1.165, 1.54) is 0 Å². The number of fused-ring (bicyclic) bond motifs is 1. The molecule has 0 amide bonds. The molecule has 1 aliphatic heterocycles. The van der Waals surface area contributed by atoms with E-state index < -0.39 is 0 Å². The van der Waals surface area contributed by atoms with Crippen LogP contribution in [0.2, 0.25) is 0 Å². The molecule has 0 fully saturated rings. The number of carbonyl (C=O) groups is 1. The van der Waals surface area contributed by atoms with Crippen LogP contribution < -0.4 is 14.2 Å². The monoisotopic (exact) mass is 359 g/mol. The van der Waals surface area contributed by atoms with E-state index in [0.717, 1.165) is 16.9 Å². The molecule has 0 saturated heterocycles. The van der Waals surface area contributed by atoms with Crippen molar-refractivity contribution in [2.24, 2.45) is 0 Å². The molecule has 5 heteroatoms. The fourth-order valence-corrected chi connectivity index (χ4v) is 2.74. The third-order valence-electron chi connectivity index (χ3n) is 4.15. The van der Waals surface area contributed by atoms with Crippen LogP contribution in [0.15, 0.2) is 67.0 Å². The highest BCUT2D eigenvalue weighted by atomic mass is 16.7. The second-order valence-electron chi connectivity index (χ2n) is 6.08. The number of allylic oxidation sites excluding steroid dienone is 1. The minimum Gasteiger partial charge on any atom is -0.455 e. The SMILES string of the molecule is Cc1cc(/C=C/C(=O)c2ccc3c(c2)OCO3)ccc1Oc1cccnc1. The summed E-state index contributed by atoms with van der Waals surface area (Å²) in [6.07, 6.45) is 6.70. The summed E-state index contributed by atoms with van der Waals surface area (Å²) in [7, 11) is 0. The lowest BCUT2D eigenvalue weighted by Crippen LogP contribution is -1.94. The topological polar surface area (TPSA) is 57.7 Å². The van der Waals surface area contributed by atoms with Crippen molar-refractivity contribution < 1.29 is 19.0 Å². The average molecular weight is 359 g/mol. The Balaban J connectivity index is 1.47. The van der Waals surface area contributed by atoms with E-state index in [9.17, 15) is 4.79 Å². The van der Waals surface area contributed by atoms with Gasteiger partial charge in [0.2, 0.25) is 6.79 Å². The van der Waals surface area contributed by atoms with Crippen molar-refractivity contribution in [2.45, 2.75) is 6.92 Å². The molecule has 0 bridgehead atoms. The van der Waals surface area contributed by atoms with Crippen LogP contribution in [0, 0.1) is 6.92 Å². The molecule has 0 radical (unpaired) electrons. The first kappa shape index (κ1) is 16.8. The van der Waals surface area contributed by atoms with Gasteiger partial charge in [0.05, 0.1) is 6.20 Å². The number of benzene rings is 2. The molecule has 0 atom stereocenters. The zero-order chi connectivity index (χ0) is 18.6. The third-order valence-corrected chi connectivity index (χ3v) is 4.15. The summed E-state index contributed by atoms with van der Waals surface area (Å²) in [4.78, 5) is 16.4. The molecule has 5 nitrogen and oxygen atoms in total. The van der Waals surface area contributed by atoms with E-state index in [1.54, 1.807) is 42.7 Å². The quantitative estimate of drug-likeness (QED) is 0.483. The number of ether oxygens (including phenoxy) is 3. The van der Waals surface area contributed by atoms with Crippen molar-refractivity contribution in [1.29, 1.82) is 0 Å². The van der Waals surface area contributed by atoms with Crippen LogP contribution in [0.1, 0.15) is 21.5 Å².